The minimum absolute atomic E-state index is 0.134. The van der Waals surface area contributed by atoms with Crippen LogP contribution in [0.1, 0.15) is 68.4 Å². The van der Waals surface area contributed by atoms with Crippen LogP contribution < -0.4 is 10.7 Å². The molecule has 0 saturated heterocycles. The number of nitrogens with one attached hydrogen (secondary N) is 1. The Kier molecular flexibility index (Phi) is 5.11. The lowest BCUT2D eigenvalue weighted by Gasteiger charge is -2.42. The van der Waals surface area contributed by atoms with Gasteiger partial charge < -0.3 is 5.73 Å². The fourth-order valence-corrected chi connectivity index (χ4v) is 4.24. The van der Waals surface area contributed by atoms with Crippen LogP contribution in [0.15, 0.2) is 48.2 Å². The van der Waals surface area contributed by atoms with Gasteiger partial charge in [0.25, 0.3) is 0 Å². The summed E-state index contributed by atoms with van der Waals surface area (Å²) in [5, 5.41) is 4.02. The second-order valence-electron chi connectivity index (χ2n) is 9.26. The Morgan fingerprint density at radius 2 is 1.59 bits per heavy atom. The molecule has 2 aromatic rings. The number of aryl methyl sites for hydroxylation is 1. The molecule has 0 bridgehead atoms. The molecule has 2 aromatic carbocycles. The number of urea groups is 1. The maximum absolute atomic E-state index is 11.4. The van der Waals surface area contributed by atoms with E-state index in [-0.39, 0.29) is 10.8 Å². The molecule has 0 fully saturated rings. The number of primary amides is 1. The number of rotatable bonds is 4. The van der Waals surface area contributed by atoms with Gasteiger partial charge in [-0.2, -0.15) is 10.5 Å². The van der Waals surface area contributed by atoms with Crippen molar-refractivity contribution in [3.8, 4) is 0 Å². The topological polar surface area (TPSA) is 82.5 Å². The second-order valence-corrected chi connectivity index (χ2v) is 9.26. The zero-order valence-electron chi connectivity index (χ0n) is 18.0. The van der Waals surface area contributed by atoms with Crippen LogP contribution in [0.5, 0.6) is 0 Å². The molecule has 0 unspecified atom stereocenters. The lowest BCUT2D eigenvalue weighted by molar-refractivity contribution is 0.253. The van der Waals surface area contributed by atoms with E-state index in [1.807, 2.05) is 12.1 Å². The zero-order chi connectivity index (χ0) is 21.6. The van der Waals surface area contributed by atoms with Gasteiger partial charge in [-0.1, -0.05) is 63.8 Å². The lowest BCUT2D eigenvalue weighted by atomic mass is 9.62. The number of carbonyl (C=O) groups is 1. The van der Waals surface area contributed by atoms with Gasteiger partial charge in [0.15, 0.2) is 0 Å². The Morgan fingerprint density at radius 1 is 1.07 bits per heavy atom. The molecule has 5 heteroatoms. The van der Waals surface area contributed by atoms with Crippen LogP contribution in [0.4, 0.5) is 10.5 Å². The van der Waals surface area contributed by atoms with Gasteiger partial charge in [-0.15, -0.1) is 0 Å². The van der Waals surface area contributed by atoms with Crippen LogP contribution in [0.3, 0.4) is 0 Å². The molecule has 152 valence electrons. The Morgan fingerprint density at radius 3 is 2.07 bits per heavy atom. The number of benzene rings is 2. The minimum atomic E-state index is -0.790. The molecule has 0 saturated carbocycles. The quantitative estimate of drug-likeness (QED) is 0.470. The summed E-state index contributed by atoms with van der Waals surface area (Å²) in [5.41, 5.74) is 20.2. The van der Waals surface area contributed by atoms with Crippen molar-refractivity contribution in [2.24, 2.45) is 11.0 Å². The van der Waals surface area contributed by atoms with Crippen molar-refractivity contribution >= 4 is 17.3 Å². The molecule has 29 heavy (non-hydrogen) atoms. The predicted octanol–water partition coefficient (Wildman–Crippen LogP) is 6.24. The number of carbonyl (C=O) groups excluding carboxylic acids is 1. The van der Waals surface area contributed by atoms with Gasteiger partial charge >= 0.3 is 6.03 Å². The van der Waals surface area contributed by atoms with Crippen molar-refractivity contribution in [1.82, 2.24) is 0 Å². The van der Waals surface area contributed by atoms with Crippen LogP contribution >= 0.6 is 0 Å². The van der Waals surface area contributed by atoms with Crippen molar-refractivity contribution in [3.05, 3.63) is 70.8 Å². The fourth-order valence-electron chi connectivity index (χ4n) is 4.24. The van der Waals surface area contributed by atoms with Gasteiger partial charge in [0.2, 0.25) is 0 Å². The number of amides is 2. The van der Waals surface area contributed by atoms with Crippen molar-refractivity contribution < 1.29 is 4.79 Å². The molecule has 3 N–H and O–H groups in total. The molecule has 0 aliphatic heterocycles. The Hall–Kier alpha value is -2.95. The summed E-state index contributed by atoms with van der Waals surface area (Å²) in [7, 11) is 0. The van der Waals surface area contributed by atoms with E-state index in [0.717, 1.165) is 28.1 Å². The first-order valence-corrected chi connectivity index (χ1v) is 9.90. The molecular weight excluding hydrogens is 360 g/mol. The van der Waals surface area contributed by atoms with Crippen molar-refractivity contribution in [1.29, 1.82) is 5.53 Å². The molecule has 2 amide bonds. The van der Waals surface area contributed by atoms with E-state index in [2.05, 4.69) is 58.6 Å². The third-order valence-electron chi connectivity index (χ3n) is 6.29. The SMILES string of the molecule is C=C(c1ccc(N(N=N)C(N)=O)cc1)c1cc2c(cc1C)C(C)(C)CCC2(C)C. The summed E-state index contributed by atoms with van der Waals surface area (Å²) in [4.78, 5) is 11.4. The number of nitrogens with two attached hydrogens (primary N) is 1. The smallest absolute Gasteiger partial charge is 0.341 e. The highest BCUT2D eigenvalue weighted by Gasteiger charge is 2.37. The van der Waals surface area contributed by atoms with E-state index < -0.39 is 6.03 Å². The number of hydrogen-bond donors (Lipinski definition) is 2. The Balaban J connectivity index is 2.02. The first kappa shape index (κ1) is 20.8. The van der Waals surface area contributed by atoms with E-state index in [1.165, 1.54) is 23.1 Å². The summed E-state index contributed by atoms with van der Waals surface area (Å²) < 4.78 is 0. The third kappa shape index (κ3) is 3.69. The molecule has 0 heterocycles. The van der Waals surface area contributed by atoms with E-state index in [9.17, 15) is 4.79 Å². The molecule has 0 spiro atoms. The van der Waals surface area contributed by atoms with Gasteiger partial charge in [0.1, 0.15) is 0 Å². The second kappa shape index (κ2) is 7.14. The minimum Gasteiger partial charge on any atom is -0.350 e. The van der Waals surface area contributed by atoms with Gasteiger partial charge in [0.05, 0.1) is 5.69 Å². The van der Waals surface area contributed by atoms with Crippen molar-refractivity contribution in [2.45, 2.75) is 58.3 Å². The average molecular weight is 391 g/mol. The van der Waals surface area contributed by atoms with Crippen molar-refractivity contribution in [3.63, 3.8) is 0 Å². The summed E-state index contributed by atoms with van der Waals surface area (Å²) >= 11 is 0. The van der Waals surface area contributed by atoms with Gasteiger partial charge in [-0.05, 0) is 76.1 Å². The largest absolute Gasteiger partial charge is 0.350 e. The number of fused-ring (bicyclic) bond motifs is 1. The molecule has 0 aromatic heterocycles. The predicted molar refractivity (Wildman–Crippen MR) is 118 cm³/mol. The maximum atomic E-state index is 11.4. The van der Waals surface area contributed by atoms with Gasteiger partial charge in [-0.25, -0.2) is 4.79 Å². The standard InChI is InChI=1S/C24H30N4O/c1-15-13-20-21(24(5,6)12-11-23(20,3)4)14-19(15)16(2)17-7-9-18(10-8-17)28(27-26)22(25)29/h7-10,13-14,26H,2,11-12H2,1,3-6H3,(H2,25,29). The molecule has 3 rings (SSSR count). The number of nitrogens with zero attached hydrogens (tertiary/aromatic N) is 2. The molecule has 5 nitrogen and oxygen atoms in total. The summed E-state index contributed by atoms with van der Waals surface area (Å²) in [6.45, 7) is 15.8. The Labute approximate surface area is 173 Å². The first-order valence-electron chi connectivity index (χ1n) is 9.90. The summed E-state index contributed by atoms with van der Waals surface area (Å²) in [5.74, 6) is 0. The highest BCUT2D eigenvalue weighted by atomic mass is 16.2. The van der Waals surface area contributed by atoms with E-state index in [0.29, 0.717) is 5.69 Å². The van der Waals surface area contributed by atoms with Crippen LogP contribution in [-0.4, -0.2) is 6.03 Å². The van der Waals surface area contributed by atoms with E-state index in [1.54, 1.807) is 12.1 Å². The van der Waals surface area contributed by atoms with Crippen LogP contribution in [0, 0.1) is 12.5 Å². The van der Waals surface area contributed by atoms with Crippen LogP contribution in [-0.2, 0) is 10.8 Å². The number of anilines is 1. The molecule has 0 radical (unpaired) electrons. The van der Waals surface area contributed by atoms with E-state index in [4.69, 9.17) is 11.3 Å². The lowest BCUT2D eigenvalue weighted by Crippen LogP contribution is -2.34. The summed E-state index contributed by atoms with van der Waals surface area (Å²) in [6, 6.07) is 11.1. The highest BCUT2D eigenvalue weighted by Crippen LogP contribution is 2.47. The number of hydrogen-bond acceptors (Lipinski definition) is 3. The zero-order valence-corrected chi connectivity index (χ0v) is 18.0. The average Bonchev–Trinajstić information content (AvgIpc) is 2.65. The summed E-state index contributed by atoms with van der Waals surface area (Å²) in [6.07, 6.45) is 2.35. The molecule has 1 aliphatic rings. The molecule has 1 aliphatic carbocycles. The first-order chi connectivity index (χ1) is 13.5. The van der Waals surface area contributed by atoms with Gasteiger partial charge in [0, 0.05) is 0 Å². The van der Waals surface area contributed by atoms with E-state index >= 15 is 0 Å². The highest BCUT2D eigenvalue weighted by molar-refractivity contribution is 5.90. The fraction of sp³-hybridized carbons (Fsp3) is 0.375. The molecular formula is C24H30N4O. The normalized spacial score (nSPS) is 16.6. The molecule has 0 atom stereocenters. The van der Waals surface area contributed by atoms with Crippen LogP contribution in [0.2, 0.25) is 0 Å². The Bertz CT molecular complexity index is 987. The monoisotopic (exact) mass is 390 g/mol. The van der Waals surface area contributed by atoms with Crippen molar-refractivity contribution in [2.75, 3.05) is 5.01 Å². The maximum Gasteiger partial charge on any atom is 0.341 e. The van der Waals surface area contributed by atoms with Gasteiger partial charge in [-0.3, -0.25) is 0 Å². The van der Waals surface area contributed by atoms with Crippen LogP contribution in [0.25, 0.3) is 5.57 Å². The third-order valence-corrected chi connectivity index (χ3v) is 6.29.